The highest BCUT2D eigenvalue weighted by Crippen LogP contribution is 2.15. The summed E-state index contributed by atoms with van der Waals surface area (Å²) in [6, 6.07) is 14.8. The number of esters is 1. The van der Waals surface area contributed by atoms with Crippen LogP contribution in [0.15, 0.2) is 54.6 Å². The lowest BCUT2D eigenvalue weighted by Gasteiger charge is -2.28. The first-order valence-electron chi connectivity index (χ1n) is 11.3. The standard InChI is InChI=1S/C26H36FN3O3/c1-26(2,3)33-25(32)22(28)14-15-23(30(4)18-20-8-6-5-7-9-20)24(31)29-17-16-19-10-12-21(27)13-11-19/h5-13,22-23H,14-18,28H2,1-4H3,(H,29,31)/t22?,23-/m0/s1. The summed E-state index contributed by atoms with van der Waals surface area (Å²) in [4.78, 5) is 27.3. The Bertz CT molecular complexity index is 882. The molecule has 0 fully saturated rings. The Kier molecular flexibility index (Phi) is 10.0. The number of amides is 1. The van der Waals surface area contributed by atoms with E-state index in [2.05, 4.69) is 5.32 Å². The summed E-state index contributed by atoms with van der Waals surface area (Å²) in [6.07, 6.45) is 1.33. The van der Waals surface area contributed by atoms with E-state index < -0.39 is 23.7 Å². The summed E-state index contributed by atoms with van der Waals surface area (Å²) in [5.41, 5.74) is 7.47. The van der Waals surface area contributed by atoms with Crippen molar-refractivity contribution in [2.24, 2.45) is 5.73 Å². The third kappa shape index (κ3) is 9.72. The van der Waals surface area contributed by atoms with Crippen LogP contribution in [0.1, 0.15) is 44.7 Å². The number of nitrogens with two attached hydrogens (primary N) is 1. The highest BCUT2D eigenvalue weighted by atomic mass is 19.1. The van der Waals surface area contributed by atoms with Crippen molar-refractivity contribution in [3.8, 4) is 0 Å². The van der Waals surface area contributed by atoms with Crippen LogP contribution in [0.2, 0.25) is 0 Å². The first-order chi connectivity index (χ1) is 15.5. The SMILES string of the molecule is CN(Cc1ccccc1)[C@@H](CCC(N)C(=O)OC(C)(C)C)C(=O)NCCc1ccc(F)cc1. The Hall–Kier alpha value is -2.77. The van der Waals surface area contributed by atoms with Crippen molar-refractivity contribution in [2.75, 3.05) is 13.6 Å². The average molecular weight is 458 g/mol. The van der Waals surface area contributed by atoms with Crippen molar-refractivity contribution in [2.45, 2.75) is 64.3 Å². The normalized spacial score (nSPS) is 13.4. The van der Waals surface area contributed by atoms with Crippen LogP contribution in [0.3, 0.4) is 0 Å². The molecule has 6 nitrogen and oxygen atoms in total. The number of halogens is 1. The topological polar surface area (TPSA) is 84.7 Å². The third-order valence-corrected chi connectivity index (χ3v) is 5.20. The molecule has 2 rings (SSSR count). The van der Waals surface area contributed by atoms with E-state index >= 15 is 0 Å². The van der Waals surface area contributed by atoms with E-state index in [0.717, 1.165) is 11.1 Å². The van der Waals surface area contributed by atoms with Gasteiger partial charge in [-0.25, -0.2) is 4.39 Å². The minimum atomic E-state index is -0.802. The van der Waals surface area contributed by atoms with Crippen LogP contribution >= 0.6 is 0 Å². The second-order valence-corrected chi connectivity index (χ2v) is 9.30. The van der Waals surface area contributed by atoms with Gasteiger partial charge in [-0.15, -0.1) is 0 Å². The predicted octanol–water partition coefficient (Wildman–Crippen LogP) is 3.43. The molecule has 3 N–H and O–H groups in total. The molecule has 33 heavy (non-hydrogen) atoms. The maximum atomic E-state index is 13.1. The summed E-state index contributed by atoms with van der Waals surface area (Å²) in [5, 5.41) is 2.97. The van der Waals surface area contributed by atoms with Crippen molar-refractivity contribution in [3.05, 3.63) is 71.5 Å². The molecule has 1 unspecified atom stereocenters. The van der Waals surface area contributed by atoms with Gasteiger partial charge in [0.2, 0.25) is 5.91 Å². The fourth-order valence-corrected chi connectivity index (χ4v) is 3.46. The van der Waals surface area contributed by atoms with Crippen molar-refractivity contribution >= 4 is 11.9 Å². The summed E-state index contributed by atoms with van der Waals surface area (Å²) < 4.78 is 18.5. The smallest absolute Gasteiger partial charge is 0.323 e. The van der Waals surface area contributed by atoms with Gasteiger partial charge in [-0.05, 0) is 70.3 Å². The quantitative estimate of drug-likeness (QED) is 0.505. The number of rotatable bonds is 11. The molecule has 2 aromatic rings. The van der Waals surface area contributed by atoms with Crippen LogP contribution in [0.5, 0.6) is 0 Å². The first kappa shape index (κ1) is 26.5. The Morgan fingerprint density at radius 2 is 1.67 bits per heavy atom. The van der Waals surface area contributed by atoms with Gasteiger partial charge in [0.1, 0.15) is 17.5 Å². The van der Waals surface area contributed by atoms with Crippen LogP contribution < -0.4 is 11.1 Å². The van der Waals surface area contributed by atoms with Crippen LogP contribution in [0.4, 0.5) is 4.39 Å². The summed E-state index contributed by atoms with van der Waals surface area (Å²) in [7, 11) is 1.89. The minimum Gasteiger partial charge on any atom is -0.459 e. The van der Waals surface area contributed by atoms with Gasteiger partial charge in [0, 0.05) is 13.1 Å². The maximum Gasteiger partial charge on any atom is 0.323 e. The Balaban J connectivity index is 1.99. The van der Waals surface area contributed by atoms with E-state index in [9.17, 15) is 14.0 Å². The number of nitrogens with one attached hydrogen (secondary N) is 1. The maximum absolute atomic E-state index is 13.1. The zero-order valence-electron chi connectivity index (χ0n) is 20.0. The lowest BCUT2D eigenvalue weighted by atomic mass is 10.0. The fraction of sp³-hybridized carbons (Fsp3) is 0.462. The fourth-order valence-electron chi connectivity index (χ4n) is 3.46. The molecule has 0 saturated carbocycles. The number of carbonyl (C=O) groups is 2. The lowest BCUT2D eigenvalue weighted by molar-refractivity contribution is -0.156. The number of hydrogen-bond donors (Lipinski definition) is 2. The van der Waals surface area contributed by atoms with Gasteiger partial charge in [0.05, 0.1) is 6.04 Å². The molecule has 0 aliphatic carbocycles. The molecule has 0 aromatic heterocycles. The van der Waals surface area contributed by atoms with Gasteiger partial charge in [-0.1, -0.05) is 42.5 Å². The number of carbonyl (C=O) groups excluding carboxylic acids is 2. The number of benzene rings is 2. The summed E-state index contributed by atoms with van der Waals surface area (Å²) in [5.74, 6) is -0.887. The van der Waals surface area contributed by atoms with Crippen molar-refractivity contribution in [1.82, 2.24) is 10.2 Å². The van der Waals surface area contributed by atoms with Crippen LogP contribution in [0.25, 0.3) is 0 Å². The molecule has 0 spiro atoms. The molecular weight excluding hydrogens is 421 g/mol. The first-order valence-corrected chi connectivity index (χ1v) is 11.3. The molecule has 0 radical (unpaired) electrons. The average Bonchev–Trinajstić information content (AvgIpc) is 2.74. The van der Waals surface area contributed by atoms with Gasteiger partial charge in [-0.3, -0.25) is 14.5 Å². The molecule has 0 bridgehead atoms. The second kappa shape index (κ2) is 12.5. The molecule has 0 heterocycles. The van der Waals surface area contributed by atoms with E-state index in [1.54, 1.807) is 32.9 Å². The van der Waals surface area contributed by atoms with Gasteiger partial charge < -0.3 is 15.8 Å². The van der Waals surface area contributed by atoms with E-state index in [-0.39, 0.29) is 11.7 Å². The lowest BCUT2D eigenvalue weighted by Crippen LogP contribution is -2.47. The summed E-state index contributed by atoms with van der Waals surface area (Å²) >= 11 is 0. The number of likely N-dealkylation sites (N-methyl/N-ethyl adjacent to an activating group) is 1. The largest absolute Gasteiger partial charge is 0.459 e. The van der Waals surface area contributed by atoms with Gasteiger partial charge in [0.15, 0.2) is 0 Å². The third-order valence-electron chi connectivity index (χ3n) is 5.20. The highest BCUT2D eigenvalue weighted by Gasteiger charge is 2.27. The van der Waals surface area contributed by atoms with E-state index in [0.29, 0.717) is 32.4 Å². The van der Waals surface area contributed by atoms with Crippen LogP contribution in [-0.2, 0) is 27.3 Å². The number of hydrogen-bond acceptors (Lipinski definition) is 5. The van der Waals surface area contributed by atoms with Crippen molar-refractivity contribution in [3.63, 3.8) is 0 Å². The Morgan fingerprint density at radius 1 is 1.03 bits per heavy atom. The molecular formula is C26H36FN3O3. The van der Waals surface area contributed by atoms with E-state index in [4.69, 9.17) is 10.5 Å². The molecule has 180 valence electrons. The summed E-state index contributed by atoms with van der Waals surface area (Å²) in [6.45, 7) is 6.39. The Morgan fingerprint density at radius 3 is 2.27 bits per heavy atom. The van der Waals surface area contributed by atoms with E-state index in [1.807, 2.05) is 42.3 Å². The number of nitrogens with zero attached hydrogens (tertiary/aromatic N) is 1. The van der Waals surface area contributed by atoms with Crippen LogP contribution in [-0.4, -0.2) is 48.1 Å². The second-order valence-electron chi connectivity index (χ2n) is 9.30. The predicted molar refractivity (Wildman–Crippen MR) is 128 cm³/mol. The zero-order valence-corrected chi connectivity index (χ0v) is 20.0. The molecule has 1 amide bonds. The molecule has 7 heteroatoms. The Labute approximate surface area is 196 Å². The van der Waals surface area contributed by atoms with Gasteiger partial charge in [0.25, 0.3) is 0 Å². The monoisotopic (exact) mass is 457 g/mol. The molecule has 0 aliphatic heterocycles. The van der Waals surface area contributed by atoms with Crippen LogP contribution in [0, 0.1) is 5.82 Å². The molecule has 2 aromatic carbocycles. The van der Waals surface area contributed by atoms with Crippen molar-refractivity contribution < 1.29 is 18.7 Å². The van der Waals surface area contributed by atoms with Crippen molar-refractivity contribution in [1.29, 1.82) is 0 Å². The van der Waals surface area contributed by atoms with Gasteiger partial charge >= 0.3 is 5.97 Å². The molecule has 2 atom stereocenters. The van der Waals surface area contributed by atoms with Gasteiger partial charge in [-0.2, -0.15) is 0 Å². The molecule has 0 saturated heterocycles. The highest BCUT2D eigenvalue weighted by molar-refractivity contribution is 5.82. The number of ether oxygens (including phenoxy) is 1. The molecule has 0 aliphatic rings. The zero-order chi connectivity index (χ0) is 24.4. The van der Waals surface area contributed by atoms with E-state index in [1.165, 1.54) is 12.1 Å². The minimum absolute atomic E-state index is 0.132.